The zero-order chi connectivity index (χ0) is 26.7. The summed E-state index contributed by atoms with van der Waals surface area (Å²) < 4.78 is 42.0. The first kappa shape index (κ1) is 24.9. The van der Waals surface area contributed by atoms with Crippen LogP contribution in [0.4, 0.5) is 41.4 Å². The van der Waals surface area contributed by atoms with Crippen molar-refractivity contribution in [1.82, 2.24) is 24.5 Å². The molecular weight excluding hydrogens is 517 g/mol. The summed E-state index contributed by atoms with van der Waals surface area (Å²) in [5.41, 5.74) is 0.864. The number of halogens is 3. The number of carbonyl (C=O) groups excluding carboxylic acids is 1. The number of hydrogen-bond donors (Lipinski definition) is 3. The maximum atomic E-state index is 13.5. The molecule has 0 fully saturated rings. The lowest BCUT2D eigenvalue weighted by molar-refractivity contribution is -0.137. The third-order valence-electron chi connectivity index (χ3n) is 5.24. The second-order valence-corrected chi connectivity index (χ2v) is 8.97. The number of thiazole rings is 1. The van der Waals surface area contributed by atoms with Gasteiger partial charge in [-0.15, -0.1) is 11.3 Å². The molecule has 0 aliphatic rings. The SMILES string of the molecule is Cc1cn(-c2cc(NC(=O)c3ccc(Nc4nccc(Nc5nccs5)n4)cc3)cc(C(F)(F)F)c2)cn1. The van der Waals surface area contributed by atoms with E-state index in [0.29, 0.717) is 28.3 Å². The molecule has 0 radical (unpaired) electrons. The van der Waals surface area contributed by atoms with Gasteiger partial charge < -0.3 is 20.5 Å². The fourth-order valence-electron chi connectivity index (χ4n) is 3.48. The molecule has 0 aliphatic heterocycles. The Balaban J connectivity index is 1.30. The molecule has 3 aromatic heterocycles. The normalized spacial score (nSPS) is 11.3. The summed E-state index contributed by atoms with van der Waals surface area (Å²) in [5, 5.41) is 11.2. The number of amides is 1. The van der Waals surface area contributed by atoms with Crippen molar-refractivity contribution < 1.29 is 18.0 Å². The fourth-order valence-corrected chi connectivity index (χ4v) is 4.01. The summed E-state index contributed by atoms with van der Waals surface area (Å²) in [5.74, 6) is 0.323. The molecule has 0 bridgehead atoms. The van der Waals surface area contributed by atoms with Gasteiger partial charge in [0.1, 0.15) is 5.82 Å². The third-order valence-corrected chi connectivity index (χ3v) is 5.93. The van der Waals surface area contributed by atoms with Gasteiger partial charge in [0.25, 0.3) is 5.91 Å². The van der Waals surface area contributed by atoms with E-state index in [1.807, 2.05) is 5.38 Å². The van der Waals surface area contributed by atoms with Crippen LogP contribution >= 0.6 is 11.3 Å². The quantitative estimate of drug-likeness (QED) is 0.228. The van der Waals surface area contributed by atoms with Crippen molar-refractivity contribution in [3.05, 3.63) is 95.6 Å². The molecule has 9 nitrogen and oxygen atoms in total. The monoisotopic (exact) mass is 536 g/mol. The average molecular weight is 537 g/mol. The van der Waals surface area contributed by atoms with Gasteiger partial charge in [-0.25, -0.2) is 15.0 Å². The zero-order valence-corrected chi connectivity index (χ0v) is 20.5. The number of hydrogen-bond acceptors (Lipinski definition) is 8. The molecule has 5 aromatic rings. The molecule has 5 rings (SSSR count). The number of rotatable bonds is 7. The highest BCUT2D eigenvalue weighted by atomic mass is 32.1. The molecule has 2 aromatic carbocycles. The van der Waals surface area contributed by atoms with E-state index in [-0.39, 0.29) is 16.9 Å². The minimum Gasteiger partial charge on any atom is -0.324 e. The predicted molar refractivity (Wildman–Crippen MR) is 138 cm³/mol. The number of nitrogens with zero attached hydrogens (tertiary/aromatic N) is 5. The standard InChI is InChI=1S/C25H19F3N8OS/c1-15-13-36(14-31-15)20-11-17(25(26,27)28)10-19(12-20)32-22(37)16-2-4-18(5-3-16)33-23-29-7-6-21(34-23)35-24-30-8-9-38-24/h2-14H,1H3,(H,32,37)(H2,29,30,33,34,35). The van der Waals surface area contributed by atoms with Crippen LogP contribution in [0.3, 0.4) is 0 Å². The molecule has 3 heterocycles. The molecule has 0 aliphatic carbocycles. The Bertz CT molecular complexity index is 1570. The Morgan fingerprint density at radius 3 is 2.45 bits per heavy atom. The summed E-state index contributed by atoms with van der Waals surface area (Å²) in [6.07, 6.45) is 1.69. The Morgan fingerprint density at radius 1 is 0.947 bits per heavy atom. The number of carbonyl (C=O) groups is 1. The Kier molecular flexibility index (Phi) is 6.75. The molecule has 3 N–H and O–H groups in total. The van der Waals surface area contributed by atoms with Crippen molar-refractivity contribution in [2.24, 2.45) is 0 Å². The van der Waals surface area contributed by atoms with Gasteiger partial charge in [-0.1, -0.05) is 0 Å². The van der Waals surface area contributed by atoms with Crippen molar-refractivity contribution in [2.75, 3.05) is 16.0 Å². The number of benzene rings is 2. The first-order chi connectivity index (χ1) is 18.2. The van der Waals surface area contributed by atoms with E-state index in [1.165, 1.54) is 28.3 Å². The second-order valence-electron chi connectivity index (χ2n) is 8.07. The topological polar surface area (TPSA) is 110 Å². The molecule has 0 atom stereocenters. The van der Waals surface area contributed by atoms with E-state index in [2.05, 4.69) is 35.9 Å². The molecular formula is C25H19F3N8OS. The van der Waals surface area contributed by atoms with Gasteiger partial charge in [0.2, 0.25) is 5.95 Å². The maximum Gasteiger partial charge on any atom is 0.416 e. The minimum atomic E-state index is -4.59. The molecule has 0 saturated heterocycles. The van der Waals surface area contributed by atoms with Crippen molar-refractivity contribution >= 4 is 45.5 Å². The van der Waals surface area contributed by atoms with Crippen LogP contribution in [0.2, 0.25) is 0 Å². The highest BCUT2D eigenvalue weighted by Crippen LogP contribution is 2.33. The first-order valence-corrected chi connectivity index (χ1v) is 12.0. The summed E-state index contributed by atoms with van der Waals surface area (Å²) >= 11 is 1.43. The smallest absolute Gasteiger partial charge is 0.324 e. The first-order valence-electron chi connectivity index (χ1n) is 11.1. The summed E-state index contributed by atoms with van der Waals surface area (Å²) in [6.45, 7) is 1.73. The lowest BCUT2D eigenvalue weighted by atomic mass is 10.1. The third kappa shape index (κ3) is 5.95. The molecule has 38 heavy (non-hydrogen) atoms. The molecule has 192 valence electrons. The number of aryl methyl sites for hydroxylation is 1. The van der Waals surface area contributed by atoms with E-state index in [9.17, 15) is 18.0 Å². The van der Waals surface area contributed by atoms with E-state index in [1.54, 1.807) is 55.8 Å². The minimum absolute atomic E-state index is 0.00586. The van der Waals surface area contributed by atoms with Gasteiger partial charge in [0, 0.05) is 46.6 Å². The second kappa shape index (κ2) is 10.3. The van der Waals surface area contributed by atoms with Crippen LogP contribution in [0.25, 0.3) is 5.69 Å². The van der Waals surface area contributed by atoms with Crippen LogP contribution in [0.15, 0.2) is 78.8 Å². The lowest BCUT2D eigenvalue weighted by Gasteiger charge is -2.14. The van der Waals surface area contributed by atoms with Gasteiger partial charge in [0.15, 0.2) is 5.13 Å². The molecule has 0 saturated carbocycles. The summed E-state index contributed by atoms with van der Waals surface area (Å²) in [7, 11) is 0. The van der Waals surface area contributed by atoms with E-state index < -0.39 is 17.6 Å². The van der Waals surface area contributed by atoms with Crippen LogP contribution < -0.4 is 16.0 Å². The van der Waals surface area contributed by atoms with Crippen molar-refractivity contribution in [1.29, 1.82) is 0 Å². The largest absolute Gasteiger partial charge is 0.416 e. The number of alkyl halides is 3. The Morgan fingerprint density at radius 2 is 1.76 bits per heavy atom. The van der Waals surface area contributed by atoms with Crippen LogP contribution in [0.5, 0.6) is 0 Å². The number of nitrogens with one attached hydrogen (secondary N) is 3. The average Bonchev–Trinajstić information content (AvgIpc) is 3.56. The Hall–Kier alpha value is -4.78. The van der Waals surface area contributed by atoms with Crippen LogP contribution in [0, 0.1) is 6.92 Å². The van der Waals surface area contributed by atoms with E-state index >= 15 is 0 Å². The molecule has 0 unspecified atom stereocenters. The van der Waals surface area contributed by atoms with E-state index in [0.717, 1.165) is 12.1 Å². The highest BCUT2D eigenvalue weighted by Gasteiger charge is 2.31. The number of imidazole rings is 1. The van der Waals surface area contributed by atoms with Crippen molar-refractivity contribution in [3.63, 3.8) is 0 Å². The number of anilines is 5. The summed E-state index contributed by atoms with van der Waals surface area (Å²) in [6, 6.07) is 11.4. The van der Waals surface area contributed by atoms with Crippen LogP contribution in [0.1, 0.15) is 21.6 Å². The van der Waals surface area contributed by atoms with Crippen molar-refractivity contribution in [3.8, 4) is 5.69 Å². The molecule has 0 spiro atoms. The summed E-state index contributed by atoms with van der Waals surface area (Å²) in [4.78, 5) is 29.6. The maximum absolute atomic E-state index is 13.5. The van der Waals surface area contributed by atoms with Crippen LogP contribution in [-0.4, -0.2) is 30.4 Å². The van der Waals surface area contributed by atoms with Gasteiger partial charge in [0.05, 0.1) is 17.6 Å². The fraction of sp³-hybridized carbons (Fsp3) is 0.0800. The van der Waals surface area contributed by atoms with Gasteiger partial charge >= 0.3 is 6.18 Å². The molecule has 1 amide bonds. The Labute approximate surface area is 218 Å². The van der Waals surface area contributed by atoms with E-state index in [4.69, 9.17) is 0 Å². The highest BCUT2D eigenvalue weighted by molar-refractivity contribution is 7.13. The number of aromatic nitrogens is 5. The van der Waals surface area contributed by atoms with Gasteiger partial charge in [-0.2, -0.15) is 18.2 Å². The molecule has 13 heteroatoms. The van der Waals surface area contributed by atoms with Crippen LogP contribution in [-0.2, 0) is 6.18 Å². The zero-order valence-electron chi connectivity index (χ0n) is 19.7. The van der Waals surface area contributed by atoms with Gasteiger partial charge in [-0.3, -0.25) is 4.79 Å². The van der Waals surface area contributed by atoms with Crippen molar-refractivity contribution in [2.45, 2.75) is 13.1 Å². The lowest BCUT2D eigenvalue weighted by Crippen LogP contribution is -2.14. The predicted octanol–water partition coefficient (Wildman–Crippen LogP) is 6.19. The van der Waals surface area contributed by atoms with Gasteiger partial charge in [-0.05, 0) is 55.5 Å².